The molecule has 0 radical (unpaired) electrons. The van der Waals surface area contributed by atoms with E-state index in [0.717, 1.165) is 29.1 Å². The van der Waals surface area contributed by atoms with Crippen LogP contribution >= 0.6 is 13.5 Å². The third-order valence-electron chi connectivity index (χ3n) is 4.80. The van der Waals surface area contributed by atoms with Gasteiger partial charge in [-0.3, -0.25) is 9.48 Å². The van der Waals surface area contributed by atoms with E-state index in [-0.39, 0.29) is 25.5 Å². The van der Waals surface area contributed by atoms with Crippen LogP contribution in [0, 0.1) is 11.6 Å². The predicted molar refractivity (Wildman–Crippen MR) is 128 cm³/mol. The number of carbonyl (C=O) groups excluding carboxylic acids is 2. The molecule has 0 unspecified atom stereocenters. The third-order valence-corrected chi connectivity index (χ3v) is 4.80. The van der Waals surface area contributed by atoms with E-state index >= 15 is 0 Å². The molecule has 2 amide bonds. The Morgan fingerprint density at radius 1 is 1.15 bits per heavy atom. The highest BCUT2D eigenvalue weighted by atomic mass is 32.1. The Kier molecular flexibility index (Phi) is 8.07. The van der Waals surface area contributed by atoms with E-state index in [9.17, 15) is 18.4 Å². The summed E-state index contributed by atoms with van der Waals surface area (Å²) in [6.45, 7) is 5.09. The summed E-state index contributed by atoms with van der Waals surface area (Å²) in [5.41, 5.74) is 0.929. The molecular formula is C23H28F2N4O3S. The van der Waals surface area contributed by atoms with Crippen LogP contribution in [0.15, 0.2) is 42.6 Å². The number of halogens is 2. The molecular weight excluding hydrogens is 450 g/mol. The summed E-state index contributed by atoms with van der Waals surface area (Å²) in [7, 11) is 3.38. The normalized spacial score (nSPS) is 12.1. The molecule has 0 aliphatic heterocycles. The molecule has 0 saturated heterocycles. The first kappa shape index (κ1) is 26.1. The van der Waals surface area contributed by atoms with Gasteiger partial charge in [-0.1, -0.05) is 0 Å². The number of fused-ring (bicyclic) bond motifs is 1. The molecule has 10 heteroatoms. The third kappa shape index (κ3) is 6.67. The van der Waals surface area contributed by atoms with Crippen LogP contribution in [0.1, 0.15) is 26.3 Å². The number of aromatic nitrogens is 2. The van der Waals surface area contributed by atoms with Crippen LogP contribution in [0.3, 0.4) is 0 Å². The second-order valence-electron chi connectivity index (χ2n) is 8.59. The molecule has 1 atom stereocenters. The molecule has 1 N–H and O–H groups in total. The molecule has 178 valence electrons. The van der Waals surface area contributed by atoms with E-state index < -0.39 is 35.3 Å². The molecule has 0 aliphatic carbocycles. The van der Waals surface area contributed by atoms with Crippen LogP contribution in [0.2, 0.25) is 0 Å². The van der Waals surface area contributed by atoms with Crippen LogP contribution in [0.5, 0.6) is 0 Å². The van der Waals surface area contributed by atoms with Crippen LogP contribution in [-0.2, 0) is 23.0 Å². The Morgan fingerprint density at radius 2 is 1.79 bits per heavy atom. The number of aryl methyl sites for hydroxylation is 1. The second kappa shape index (κ2) is 10.2. The minimum Gasteiger partial charge on any atom is -0.444 e. The van der Waals surface area contributed by atoms with E-state index in [1.54, 1.807) is 50.8 Å². The van der Waals surface area contributed by atoms with Gasteiger partial charge in [0.2, 0.25) is 5.91 Å². The maximum atomic E-state index is 13.7. The fourth-order valence-corrected chi connectivity index (χ4v) is 3.34. The Labute approximate surface area is 198 Å². The zero-order valence-electron chi connectivity index (χ0n) is 19.1. The smallest absolute Gasteiger partial charge is 0.408 e. The average Bonchev–Trinajstić information content (AvgIpc) is 3.04. The number of ether oxygens (including phenoxy) is 1. The van der Waals surface area contributed by atoms with E-state index in [1.807, 2.05) is 13.1 Å². The Balaban J connectivity index is 0.00000385. The Morgan fingerprint density at radius 3 is 2.39 bits per heavy atom. The number of anilines is 1. The first-order chi connectivity index (χ1) is 14.9. The van der Waals surface area contributed by atoms with E-state index in [2.05, 4.69) is 10.4 Å². The number of likely N-dealkylation sites (N-methyl/N-ethyl adjacent to an activating group) is 1. The fraction of sp³-hybridized carbons (Fsp3) is 0.348. The Bertz CT molecular complexity index is 1140. The molecule has 1 aromatic heterocycles. The van der Waals surface area contributed by atoms with Crippen molar-refractivity contribution in [1.29, 1.82) is 0 Å². The number of alkyl carbamates (subject to hydrolysis) is 1. The van der Waals surface area contributed by atoms with Crippen molar-refractivity contribution in [1.82, 2.24) is 15.1 Å². The topological polar surface area (TPSA) is 76.5 Å². The first-order valence-corrected chi connectivity index (χ1v) is 10.1. The van der Waals surface area contributed by atoms with Crippen molar-refractivity contribution in [2.45, 2.75) is 38.8 Å². The predicted octanol–water partition coefficient (Wildman–Crippen LogP) is 4.06. The highest BCUT2D eigenvalue weighted by Crippen LogP contribution is 2.22. The van der Waals surface area contributed by atoms with Crippen molar-refractivity contribution >= 4 is 42.1 Å². The lowest BCUT2D eigenvalue weighted by Crippen LogP contribution is -2.50. The van der Waals surface area contributed by atoms with Crippen molar-refractivity contribution in [3.05, 3.63) is 59.8 Å². The van der Waals surface area contributed by atoms with E-state index in [4.69, 9.17) is 4.74 Å². The van der Waals surface area contributed by atoms with Gasteiger partial charge in [-0.05, 0) is 56.7 Å². The monoisotopic (exact) mass is 478 g/mol. The highest BCUT2D eigenvalue weighted by molar-refractivity contribution is 7.59. The number of nitrogens with one attached hydrogen (secondary N) is 1. The summed E-state index contributed by atoms with van der Waals surface area (Å²) in [5, 5.41) is 7.57. The molecule has 3 rings (SSSR count). The van der Waals surface area contributed by atoms with Gasteiger partial charge in [0, 0.05) is 37.7 Å². The van der Waals surface area contributed by atoms with Gasteiger partial charge in [-0.2, -0.15) is 18.6 Å². The number of hydrogen-bond acceptors (Lipinski definition) is 4. The van der Waals surface area contributed by atoms with Gasteiger partial charge in [0.1, 0.15) is 23.3 Å². The average molecular weight is 479 g/mol. The summed E-state index contributed by atoms with van der Waals surface area (Å²) in [6.07, 6.45) is 0.763. The van der Waals surface area contributed by atoms with Gasteiger partial charge >= 0.3 is 6.09 Å². The van der Waals surface area contributed by atoms with Gasteiger partial charge < -0.3 is 15.0 Å². The van der Waals surface area contributed by atoms with Gasteiger partial charge in [-0.25, -0.2) is 13.6 Å². The first-order valence-electron chi connectivity index (χ1n) is 10.1. The maximum absolute atomic E-state index is 13.7. The lowest BCUT2D eigenvalue weighted by Gasteiger charge is -2.27. The number of hydrogen-bond donors (Lipinski definition) is 1. The number of nitrogens with zero attached hydrogens (tertiary/aromatic N) is 3. The standard InChI is InChI=1S/C23H26F2N4O3.H2S/c1-23(2,3)32-22(31)27-19(10-14-8-16(24)12-17(25)9-14)21(30)28(4)18-6-7-20-15(11-18)13-26-29(20)5;/h6-9,11-13,19H,10H2,1-5H3,(H,27,31);1H2/t19-;/m0./s1. The van der Waals surface area contributed by atoms with Crippen LogP contribution < -0.4 is 10.2 Å². The number of benzene rings is 2. The molecule has 0 fully saturated rings. The van der Waals surface area contributed by atoms with Crippen LogP contribution in [-0.4, -0.2) is 40.5 Å². The molecule has 3 aromatic rings. The number of carbonyl (C=O) groups is 2. The van der Waals surface area contributed by atoms with Gasteiger partial charge in [0.15, 0.2) is 0 Å². The zero-order chi connectivity index (χ0) is 23.6. The second-order valence-corrected chi connectivity index (χ2v) is 8.59. The highest BCUT2D eigenvalue weighted by Gasteiger charge is 2.28. The lowest BCUT2D eigenvalue weighted by molar-refractivity contribution is -0.120. The van der Waals surface area contributed by atoms with E-state index in [1.165, 1.54) is 4.90 Å². The molecule has 7 nitrogen and oxygen atoms in total. The molecule has 0 aliphatic rings. The van der Waals surface area contributed by atoms with Crippen molar-refractivity contribution in [3.8, 4) is 0 Å². The van der Waals surface area contributed by atoms with Crippen LogP contribution in [0.25, 0.3) is 10.9 Å². The van der Waals surface area contributed by atoms with Crippen molar-refractivity contribution < 1.29 is 23.1 Å². The van der Waals surface area contributed by atoms with Gasteiger partial charge in [0.05, 0.1) is 11.7 Å². The molecule has 0 spiro atoms. The molecule has 0 bridgehead atoms. The molecule has 33 heavy (non-hydrogen) atoms. The summed E-state index contributed by atoms with van der Waals surface area (Å²) in [6, 6.07) is 7.28. The fourth-order valence-electron chi connectivity index (χ4n) is 3.34. The Hall–Kier alpha value is -3.14. The summed E-state index contributed by atoms with van der Waals surface area (Å²) >= 11 is 0. The summed E-state index contributed by atoms with van der Waals surface area (Å²) in [5.74, 6) is -2.00. The largest absolute Gasteiger partial charge is 0.444 e. The SMILES string of the molecule is CN(C(=O)[C@H](Cc1cc(F)cc(F)c1)NC(=O)OC(C)(C)C)c1ccc2c(cnn2C)c1.S. The quantitative estimate of drug-likeness (QED) is 0.600. The summed E-state index contributed by atoms with van der Waals surface area (Å²) < 4.78 is 34.4. The molecule has 2 aromatic carbocycles. The zero-order valence-corrected chi connectivity index (χ0v) is 20.1. The molecule has 1 heterocycles. The van der Waals surface area contributed by atoms with E-state index in [0.29, 0.717) is 5.69 Å². The summed E-state index contributed by atoms with van der Waals surface area (Å²) in [4.78, 5) is 27.1. The molecule has 0 saturated carbocycles. The number of rotatable bonds is 5. The van der Waals surface area contributed by atoms with Crippen LogP contribution in [0.4, 0.5) is 19.3 Å². The minimum atomic E-state index is -1.11. The minimum absolute atomic E-state index is 0. The van der Waals surface area contributed by atoms with Gasteiger partial charge in [-0.15, -0.1) is 0 Å². The van der Waals surface area contributed by atoms with Crippen molar-refractivity contribution in [3.63, 3.8) is 0 Å². The number of amides is 2. The van der Waals surface area contributed by atoms with Gasteiger partial charge in [0.25, 0.3) is 0 Å². The lowest BCUT2D eigenvalue weighted by atomic mass is 10.0. The van der Waals surface area contributed by atoms with Crippen molar-refractivity contribution in [2.75, 3.05) is 11.9 Å². The maximum Gasteiger partial charge on any atom is 0.408 e. The van der Waals surface area contributed by atoms with Crippen molar-refractivity contribution in [2.24, 2.45) is 7.05 Å².